The molecule has 1 amide bonds. The molecule has 144 valence electrons. The minimum absolute atomic E-state index is 0.0269. The van der Waals surface area contributed by atoms with Crippen molar-refractivity contribution in [1.29, 1.82) is 0 Å². The molecule has 1 aromatic carbocycles. The van der Waals surface area contributed by atoms with E-state index in [4.69, 9.17) is 0 Å². The van der Waals surface area contributed by atoms with E-state index in [2.05, 4.69) is 20.4 Å². The van der Waals surface area contributed by atoms with Crippen molar-refractivity contribution >= 4 is 17.4 Å². The van der Waals surface area contributed by atoms with Crippen molar-refractivity contribution in [3.63, 3.8) is 0 Å². The SMILES string of the molecule is Cc1cc(NC(=O)Cc2ccc([N+](=O)[O-])cc2)n(-c2nc(C)c(C)c(=O)[nH]2)n1. The second kappa shape index (κ2) is 7.43. The number of nitrogens with zero attached hydrogens (tertiary/aromatic N) is 4. The molecule has 0 spiro atoms. The molecule has 0 unspecified atom stereocenters. The number of amides is 1. The summed E-state index contributed by atoms with van der Waals surface area (Å²) in [6, 6.07) is 7.41. The molecule has 0 aliphatic rings. The lowest BCUT2D eigenvalue weighted by atomic mass is 10.1. The Labute approximate surface area is 159 Å². The van der Waals surface area contributed by atoms with Crippen molar-refractivity contribution in [1.82, 2.24) is 19.7 Å². The zero-order chi connectivity index (χ0) is 20.4. The highest BCUT2D eigenvalue weighted by Crippen LogP contribution is 2.16. The highest BCUT2D eigenvalue weighted by Gasteiger charge is 2.15. The Kier molecular flexibility index (Phi) is 5.03. The van der Waals surface area contributed by atoms with Gasteiger partial charge in [-0.1, -0.05) is 12.1 Å². The highest BCUT2D eigenvalue weighted by molar-refractivity contribution is 5.91. The first-order valence-corrected chi connectivity index (χ1v) is 8.42. The van der Waals surface area contributed by atoms with Gasteiger partial charge in [-0.15, -0.1) is 0 Å². The standard InChI is InChI=1S/C18H18N6O4/c1-10-8-15(23(22-10)18-19-12(3)11(2)17(26)21-18)20-16(25)9-13-4-6-14(7-5-13)24(27)28/h4-8H,9H2,1-3H3,(H,20,25)(H,19,21,26). The average molecular weight is 382 g/mol. The number of aryl methyl sites for hydroxylation is 2. The highest BCUT2D eigenvalue weighted by atomic mass is 16.6. The van der Waals surface area contributed by atoms with Gasteiger partial charge in [0, 0.05) is 29.5 Å². The van der Waals surface area contributed by atoms with Crippen molar-refractivity contribution in [3.8, 4) is 5.95 Å². The van der Waals surface area contributed by atoms with Crippen molar-refractivity contribution in [2.45, 2.75) is 27.2 Å². The number of anilines is 1. The van der Waals surface area contributed by atoms with E-state index in [1.165, 1.54) is 28.9 Å². The van der Waals surface area contributed by atoms with Gasteiger partial charge in [0.2, 0.25) is 11.9 Å². The van der Waals surface area contributed by atoms with Gasteiger partial charge >= 0.3 is 0 Å². The number of aromatic nitrogens is 4. The number of nitrogens with one attached hydrogen (secondary N) is 2. The number of H-pyrrole nitrogens is 1. The molecular weight excluding hydrogens is 364 g/mol. The number of nitro benzene ring substituents is 1. The zero-order valence-electron chi connectivity index (χ0n) is 15.5. The molecule has 2 heterocycles. The molecule has 3 rings (SSSR count). The Balaban J connectivity index is 1.82. The van der Waals surface area contributed by atoms with Crippen molar-refractivity contribution in [2.24, 2.45) is 0 Å². The Morgan fingerprint density at radius 1 is 1.25 bits per heavy atom. The normalized spacial score (nSPS) is 10.7. The van der Waals surface area contributed by atoms with Crippen LogP contribution in [0.4, 0.5) is 11.5 Å². The zero-order valence-corrected chi connectivity index (χ0v) is 15.5. The van der Waals surface area contributed by atoms with Crippen molar-refractivity contribution < 1.29 is 9.72 Å². The molecule has 0 bridgehead atoms. The molecule has 0 saturated heterocycles. The number of non-ortho nitro benzene ring substituents is 1. The number of carbonyl (C=O) groups is 1. The van der Waals surface area contributed by atoms with Gasteiger partial charge < -0.3 is 5.32 Å². The van der Waals surface area contributed by atoms with Crippen molar-refractivity contribution in [2.75, 3.05) is 5.32 Å². The van der Waals surface area contributed by atoms with Crippen LogP contribution in [0.3, 0.4) is 0 Å². The van der Waals surface area contributed by atoms with Gasteiger partial charge in [-0.3, -0.25) is 24.7 Å². The maximum atomic E-state index is 12.4. The van der Waals surface area contributed by atoms with Crippen LogP contribution in [0.25, 0.3) is 5.95 Å². The first-order chi connectivity index (χ1) is 13.2. The van der Waals surface area contributed by atoms with Crippen LogP contribution in [0.1, 0.15) is 22.5 Å². The van der Waals surface area contributed by atoms with E-state index in [0.29, 0.717) is 28.3 Å². The maximum absolute atomic E-state index is 12.4. The van der Waals surface area contributed by atoms with E-state index in [1.54, 1.807) is 26.8 Å². The third-order valence-corrected chi connectivity index (χ3v) is 4.19. The van der Waals surface area contributed by atoms with E-state index in [1.807, 2.05) is 0 Å². The second-order valence-electron chi connectivity index (χ2n) is 6.33. The van der Waals surface area contributed by atoms with Gasteiger partial charge in [0.15, 0.2) is 0 Å². The lowest BCUT2D eigenvalue weighted by Gasteiger charge is -2.09. The topological polar surface area (TPSA) is 136 Å². The van der Waals surface area contributed by atoms with E-state index in [0.717, 1.165) is 0 Å². The third-order valence-electron chi connectivity index (χ3n) is 4.19. The van der Waals surface area contributed by atoms with Crippen LogP contribution in [0.5, 0.6) is 0 Å². The van der Waals surface area contributed by atoms with Gasteiger partial charge in [-0.25, -0.2) is 4.98 Å². The number of hydrogen-bond donors (Lipinski definition) is 2. The molecule has 0 radical (unpaired) electrons. The molecule has 0 aliphatic heterocycles. The van der Waals surface area contributed by atoms with E-state index < -0.39 is 4.92 Å². The molecule has 2 aromatic heterocycles. The van der Waals surface area contributed by atoms with Crippen LogP contribution >= 0.6 is 0 Å². The Morgan fingerprint density at radius 3 is 2.54 bits per heavy atom. The van der Waals surface area contributed by atoms with Crippen molar-refractivity contribution in [3.05, 3.63) is 73.3 Å². The molecule has 2 N–H and O–H groups in total. The Hall–Kier alpha value is -3.82. The van der Waals surface area contributed by atoms with Crippen LogP contribution in [0.2, 0.25) is 0 Å². The van der Waals surface area contributed by atoms with Crippen LogP contribution < -0.4 is 10.9 Å². The number of rotatable bonds is 5. The molecule has 0 atom stereocenters. The molecule has 3 aromatic rings. The van der Waals surface area contributed by atoms with E-state index in [9.17, 15) is 19.7 Å². The number of carbonyl (C=O) groups excluding carboxylic acids is 1. The quantitative estimate of drug-likeness (QED) is 0.511. The number of benzene rings is 1. The fourth-order valence-electron chi connectivity index (χ4n) is 2.59. The van der Waals surface area contributed by atoms with E-state index >= 15 is 0 Å². The van der Waals surface area contributed by atoms with E-state index in [-0.39, 0.29) is 29.5 Å². The van der Waals surface area contributed by atoms with Crippen LogP contribution in [0.15, 0.2) is 35.1 Å². The van der Waals surface area contributed by atoms with Gasteiger partial charge in [0.05, 0.1) is 17.0 Å². The molecule has 0 fully saturated rings. The van der Waals surface area contributed by atoms with Gasteiger partial charge in [0.25, 0.3) is 11.2 Å². The fourth-order valence-corrected chi connectivity index (χ4v) is 2.59. The smallest absolute Gasteiger partial charge is 0.269 e. The predicted octanol–water partition coefficient (Wildman–Crippen LogP) is 1.97. The largest absolute Gasteiger partial charge is 0.310 e. The molecule has 10 nitrogen and oxygen atoms in total. The van der Waals surface area contributed by atoms with Gasteiger partial charge in [-0.05, 0) is 26.3 Å². The summed E-state index contributed by atoms with van der Waals surface area (Å²) in [4.78, 5) is 41.6. The summed E-state index contributed by atoms with van der Waals surface area (Å²) < 4.78 is 1.36. The summed E-state index contributed by atoms with van der Waals surface area (Å²) >= 11 is 0. The summed E-state index contributed by atoms with van der Waals surface area (Å²) in [5.41, 5.74) is 2.02. The first-order valence-electron chi connectivity index (χ1n) is 8.42. The summed E-state index contributed by atoms with van der Waals surface area (Å²) in [6.45, 7) is 5.14. The molecule has 28 heavy (non-hydrogen) atoms. The maximum Gasteiger partial charge on any atom is 0.269 e. The number of hydrogen-bond acceptors (Lipinski definition) is 6. The lowest BCUT2D eigenvalue weighted by molar-refractivity contribution is -0.384. The summed E-state index contributed by atoms with van der Waals surface area (Å²) in [6.07, 6.45) is 0.0269. The minimum atomic E-state index is -0.498. The Morgan fingerprint density at radius 2 is 1.93 bits per heavy atom. The van der Waals surface area contributed by atoms with Crippen LogP contribution in [-0.2, 0) is 11.2 Å². The van der Waals surface area contributed by atoms with Crippen LogP contribution in [-0.4, -0.2) is 30.6 Å². The number of nitro groups is 1. The number of aromatic amines is 1. The molecular formula is C18H18N6O4. The first kappa shape index (κ1) is 19.0. The Bertz CT molecular complexity index is 1110. The monoisotopic (exact) mass is 382 g/mol. The summed E-state index contributed by atoms with van der Waals surface area (Å²) in [5.74, 6) is 0.226. The van der Waals surface area contributed by atoms with Gasteiger partial charge in [-0.2, -0.15) is 9.78 Å². The summed E-state index contributed by atoms with van der Waals surface area (Å²) in [7, 11) is 0. The fraction of sp³-hybridized carbons (Fsp3) is 0.222. The molecule has 10 heteroatoms. The molecule has 0 aliphatic carbocycles. The third kappa shape index (κ3) is 3.95. The lowest BCUT2D eigenvalue weighted by Crippen LogP contribution is -2.21. The summed E-state index contributed by atoms with van der Waals surface area (Å²) in [5, 5.41) is 17.7. The van der Waals surface area contributed by atoms with Crippen LogP contribution in [0, 0.1) is 30.9 Å². The predicted molar refractivity (Wildman–Crippen MR) is 102 cm³/mol. The average Bonchev–Trinajstić information content (AvgIpc) is 2.99. The minimum Gasteiger partial charge on any atom is -0.310 e. The second-order valence-corrected chi connectivity index (χ2v) is 6.33. The van der Waals surface area contributed by atoms with Gasteiger partial charge in [0.1, 0.15) is 5.82 Å². The molecule has 0 saturated carbocycles.